The molecule has 2 heterocycles. The Labute approximate surface area is 94.7 Å². The first-order valence-corrected chi connectivity index (χ1v) is 5.62. The van der Waals surface area contributed by atoms with Crippen molar-refractivity contribution in [2.24, 2.45) is 7.05 Å². The third-order valence-electron chi connectivity index (χ3n) is 3.18. The zero-order valence-corrected chi connectivity index (χ0v) is 9.46. The second-order valence-electron chi connectivity index (χ2n) is 4.22. The monoisotopic (exact) mass is 223 g/mol. The summed E-state index contributed by atoms with van der Waals surface area (Å²) in [5.41, 5.74) is 1.18. The molecule has 1 saturated heterocycles. The molecule has 1 aromatic heterocycles. The fraction of sp³-hybridized carbons (Fsp3) is 0.636. The maximum Gasteiger partial charge on any atom is 0.304 e. The van der Waals surface area contributed by atoms with Crippen LogP contribution in [0, 0.1) is 0 Å². The standard InChI is InChI=1S/C11H17N3O2/c1-13-9(4-6-12-13)10-3-2-7-14(10)8-5-11(15)16/h4,6,10H,2-3,5,7-8H2,1H3,(H,15,16). The summed E-state index contributed by atoms with van der Waals surface area (Å²) >= 11 is 0. The summed E-state index contributed by atoms with van der Waals surface area (Å²) in [6, 6.07) is 2.36. The van der Waals surface area contributed by atoms with E-state index in [1.807, 2.05) is 17.8 Å². The number of carbonyl (C=O) groups is 1. The highest BCUT2D eigenvalue weighted by Crippen LogP contribution is 2.31. The smallest absolute Gasteiger partial charge is 0.304 e. The number of hydrogen-bond acceptors (Lipinski definition) is 3. The minimum Gasteiger partial charge on any atom is -0.481 e. The largest absolute Gasteiger partial charge is 0.481 e. The van der Waals surface area contributed by atoms with E-state index in [1.54, 1.807) is 6.20 Å². The Hall–Kier alpha value is -1.36. The molecule has 1 N–H and O–H groups in total. The van der Waals surface area contributed by atoms with E-state index in [1.165, 1.54) is 5.69 Å². The van der Waals surface area contributed by atoms with Gasteiger partial charge in [-0.15, -0.1) is 0 Å². The van der Waals surface area contributed by atoms with Crippen LogP contribution in [0.3, 0.4) is 0 Å². The lowest BCUT2D eigenvalue weighted by atomic mass is 10.1. The Morgan fingerprint density at radius 2 is 2.50 bits per heavy atom. The SMILES string of the molecule is Cn1nccc1C1CCCN1CCC(=O)O. The predicted molar refractivity (Wildman–Crippen MR) is 59.0 cm³/mol. The van der Waals surface area contributed by atoms with Crippen molar-refractivity contribution in [1.29, 1.82) is 0 Å². The fourth-order valence-corrected chi connectivity index (χ4v) is 2.38. The van der Waals surface area contributed by atoms with Gasteiger partial charge in [-0.3, -0.25) is 14.4 Å². The van der Waals surface area contributed by atoms with E-state index in [0.717, 1.165) is 19.4 Å². The van der Waals surface area contributed by atoms with Crippen molar-refractivity contribution < 1.29 is 9.90 Å². The number of aliphatic carboxylic acids is 1. The first-order chi connectivity index (χ1) is 7.68. The van der Waals surface area contributed by atoms with Crippen LogP contribution in [0.1, 0.15) is 31.0 Å². The molecule has 0 aromatic carbocycles. The average Bonchev–Trinajstić information content (AvgIpc) is 2.82. The number of hydrogen-bond donors (Lipinski definition) is 1. The summed E-state index contributed by atoms with van der Waals surface area (Å²) in [5, 5.41) is 12.9. The summed E-state index contributed by atoms with van der Waals surface area (Å²) in [4.78, 5) is 12.8. The van der Waals surface area contributed by atoms with E-state index < -0.39 is 5.97 Å². The molecule has 2 rings (SSSR count). The van der Waals surface area contributed by atoms with E-state index in [0.29, 0.717) is 12.6 Å². The topological polar surface area (TPSA) is 58.4 Å². The van der Waals surface area contributed by atoms with Crippen molar-refractivity contribution in [1.82, 2.24) is 14.7 Å². The van der Waals surface area contributed by atoms with E-state index in [9.17, 15) is 4.79 Å². The van der Waals surface area contributed by atoms with Gasteiger partial charge in [0.2, 0.25) is 0 Å². The number of aryl methyl sites for hydroxylation is 1. The predicted octanol–water partition coefficient (Wildman–Crippen LogP) is 1.03. The molecule has 88 valence electrons. The quantitative estimate of drug-likeness (QED) is 0.828. The van der Waals surface area contributed by atoms with Crippen molar-refractivity contribution in [3.63, 3.8) is 0 Å². The van der Waals surface area contributed by atoms with E-state index in [-0.39, 0.29) is 6.42 Å². The third-order valence-corrected chi connectivity index (χ3v) is 3.18. The fourth-order valence-electron chi connectivity index (χ4n) is 2.38. The number of aromatic nitrogens is 2. The Balaban J connectivity index is 2.03. The van der Waals surface area contributed by atoms with E-state index in [2.05, 4.69) is 10.00 Å². The van der Waals surface area contributed by atoms with Crippen LogP contribution in [0.2, 0.25) is 0 Å². The van der Waals surface area contributed by atoms with Gasteiger partial charge in [-0.05, 0) is 25.5 Å². The van der Waals surface area contributed by atoms with Crippen LogP contribution in [0.5, 0.6) is 0 Å². The number of rotatable bonds is 4. The van der Waals surface area contributed by atoms with Gasteiger partial charge in [0.05, 0.1) is 18.2 Å². The van der Waals surface area contributed by atoms with Gasteiger partial charge < -0.3 is 5.11 Å². The molecular formula is C11H17N3O2. The molecule has 0 bridgehead atoms. The molecule has 0 aliphatic carbocycles. The van der Waals surface area contributed by atoms with Crippen LogP contribution in [0.4, 0.5) is 0 Å². The van der Waals surface area contributed by atoms with Crippen molar-refractivity contribution in [2.75, 3.05) is 13.1 Å². The van der Waals surface area contributed by atoms with Crippen LogP contribution in [-0.2, 0) is 11.8 Å². The lowest BCUT2D eigenvalue weighted by Gasteiger charge is -2.23. The van der Waals surface area contributed by atoms with Crippen molar-refractivity contribution in [2.45, 2.75) is 25.3 Å². The summed E-state index contributed by atoms with van der Waals surface area (Å²) in [6.45, 7) is 1.62. The molecule has 1 atom stereocenters. The highest BCUT2D eigenvalue weighted by molar-refractivity contribution is 5.66. The summed E-state index contributed by atoms with van der Waals surface area (Å²) in [7, 11) is 1.93. The zero-order valence-electron chi connectivity index (χ0n) is 9.46. The molecule has 5 nitrogen and oxygen atoms in total. The Morgan fingerprint density at radius 1 is 1.69 bits per heavy atom. The molecule has 1 fully saturated rings. The van der Waals surface area contributed by atoms with Crippen LogP contribution in [0.25, 0.3) is 0 Å². The van der Waals surface area contributed by atoms with Gasteiger partial charge in [0.25, 0.3) is 0 Å². The Bertz CT molecular complexity index is 375. The summed E-state index contributed by atoms with van der Waals surface area (Å²) in [6.07, 6.45) is 4.24. The highest BCUT2D eigenvalue weighted by atomic mass is 16.4. The Kier molecular flexibility index (Phi) is 3.24. The minimum atomic E-state index is -0.726. The number of carboxylic acid groups (broad SMARTS) is 1. The van der Waals surface area contributed by atoms with Gasteiger partial charge in [0, 0.05) is 19.8 Å². The van der Waals surface area contributed by atoms with Crippen LogP contribution in [-0.4, -0.2) is 38.8 Å². The second kappa shape index (κ2) is 4.65. The molecule has 1 aliphatic heterocycles. The molecule has 0 amide bonds. The van der Waals surface area contributed by atoms with Crippen molar-refractivity contribution >= 4 is 5.97 Å². The van der Waals surface area contributed by atoms with Gasteiger partial charge in [-0.1, -0.05) is 0 Å². The van der Waals surface area contributed by atoms with Gasteiger partial charge in [-0.2, -0.15) is 5.10 Å². The maximum absolute atomic E-state index is 10.6. The first-order valence-electron chi connectivity index (χ1n) is 5.62. The van der Waals surface area contributed by atoms with Crippen molar-refractivity contribution in [3.8, 4) is 0 Å². The van der Waals surface area contributed by atoms with Gasteiger partial charge in [-0.25, -0.2) is 0 Å². The molecule has 16 heavy (non-hydrogen) atoms. The Morgan fingerprint density at radius 3 is 3.12 bits per heavy atom. The minimum absolute atomic E-state index is 0.217. The lowest BCUT2D eigenvalue weighted by molar-refractivity contribution is -0.137. The third kappa shape index (κ3) is 2.24. The van der Waals surface area contributed by atoms with Crippen LogP contribution >= 0.6 is 0 Å². The molecule has 1 unspecified atom stereocenters. The molecule has 1 aliphatic rings. The molecular weight excluding hydrogens is 206 g/mol. The normalized spacial score (nSPS) is 21.4. The lowest BCUT2D eigenvalue weighted by Crippen LogP contribution is -2.27. The van der Waals surface area contributed by atoms with E-state index in [4.69, 9.17) is 5.11 Å². The number of carboxylic acids is 1. The van der Waals surface area contributed by atoms with Gasteiger partial charge in [0.15, 0.2) is 0 Å². The maximum atomic E-state index is 10.6. The summed E-state index contributed by atoms with van der Waals surface area (Å²) in [5.74, 6) is -0.726. The highest BCUT2D eigenvalue weighted by Gasteiger charge is 2.27. The molecule has 0 spiro atoms. The first kappa shape index (κ1) is 11.1. The zero-order chi connectivity index (χ0) is 11.5. The molecule has 0 saturated carbocycles. The number of nitrogens with zero attached hydrogens (tertiary/aromatic N) is 3. The molecule has 5 heteroatoms. The molecule has 1 aromatic rings. The summed E-state index contributed by atoms with van der Waals surface area (Å²) < 4.78 is 1.88. The van der Waals surface area contributed by atoms with Gasteiger partial charge >= 0.3 is 5.97 Å². The number of likely N-dealkylation sites (tertiary alicyclic amines) is 1. The van der Waals surface area contributed by atoms with Crippen LogP contribution < -0.4 is 0 Å². The second-order valence-corrected chi connectivity index (χ2v) is 4.22. The van der Waals surface area contributed by atoms with Crippen molar-refractivity contribution in [3.05, 3.63) is 18.0 Å². The van der Waals surface area contributed by atoms with Gasteiger partial charge in [0.1, 0.15) is 0 Å². The van der Waals surface area contributed by atoms with Crippen LogP contribution in [0.15, 0.2) is 12.3 Å². The van der Waals surface area contributed by atoms with E-state index >= 15 is 0 Å². The average molecular weight is 223 g/mol. The molecule has 0 radical (unpaired) electrons.